The van der Waals surface area contributed by atoms with Gasteiger partial charge in [-0.1, -0.05) is 93.3 Å². The molecule has 3 aliphatic rings. The average Bonchev–Trinajstić information content (AvgIpc) is 3.99. The molecule has 2 saturated carbocycles. The predicted molar refractivity (Wildman–Crippen MR) is 334 cm³/mol. The number of hydrogen-bond acceptors (Lipinski definition) is 19. The number of nitriles is 1. The Morgan fingerprint density at radius 3 is 1.61 bits per heavy atom. The molecule has 9 rings (SSSR count). The number of fused-ring (bicyclic) bond motifs is 1. The van der Waals surface area contributed by atoms with Gasteiger partial charge in [-0.3, -0.25) is 14.4 Å². The zero-order chi connectivity index (χ0) is 63.0. The maximum absolute atomic E-state index is 12.5. The Hall–Kier alpha value is -8.00. The molecule has 3 fully saturated rings. The number of aliphatic hydroxyl groups excluding tert-OH is 1. The number of esters is 3. The Kier molecular flexibility index (Phi) is 28.2. The second kappa shape index (κ2) is 35.9. The van der Waals surface area contributed by atoms with Gasteiger partial charge in [0.2, 0.25) is 16.4 Å². The summed E-state index contributed by atoms with van der Waals surface area (Å²) in [5.74, 6) is -3.90. The molecule has 1 N–H and O–H groups in total. The number of ether oxygens (including phenoxy) is 4. The Morgan fingerprint density at radius 2 is 1.13 bits per heavy atom. The second-order valence-corrected chi connectivity index (χ2v) is 23.1. The third kappa shape index (κ3) is 19.7. The van der Waals surface area contributed by atoms with E-state index in [2.05, 4.69) is 85.9 Å². The van der Waals surface area contributed by atoms with Crippen molar-refractivity contribution in [2.45, 2.75) is 92.2 Å². The Balaban J connectivity index is 0.000000245. The van der Waals surface area contributed by atoms with Crippen molar-refractivity contribution in [1.29, 1.82) is 5.26 Å². The van der Waals surface area contributed by atoms with Gasteiger partial charge in [-0.25, -0.2) is 14.5 Å². The van der Waals surface area contributed by atoms with E-state index in [-0.39, 0.29) is 73.2 Å². The SMILES string of the molecule is O=C1OC(=O)C2CCCCC12.[C-]#[N+]c1c(N=Nc2ccc(N(CCOCCOC(=O)C3CCCCC3C(=O)[O-])Cc3ccccc3)cc2C)sc(C#N)c1C.[C-]#[N+]c1sc(N=Nc2ccc(N(CCOCCO)Cc3ccccc3)cc2C)c([N+]#[C-])c1C.[Na+]. The molecule has 4 unspecified atom stereocenters. The fourth-order valence-electron chi connectivity index (χ4n) is 10.4. The van der Waals surface area contributed by atoms with Crippen LogP contribution in [0.25, 0.3) is 14.5 Å². The van der Waals surface area contributed by atoms with Crippen LogP contribution in [0.1, 0.15) is 89.6 Å². The van der Waals surface area contributed by atoms with Gasteiger partial charge in [0.15, 0.2) is 0 Å². The zero-order valence-electron chi connectivity index (χ0n) is 50.7. The number of cyclic esters (lactones) is 2. The number of aryl methyl sites for hydroxylation is 2. The van der Waals surface area contributed by atoms with Crippen LogP contribution in [0.2, 0.25) is 0 Å². The third-order valence-electron chi connectivity index (χ3n) is 15.3. The Bertz CT molecular complexity index is 3600. The van der Waals surface area contributed by atoms with E-state index in [0.717, 1.165) is 84.5 Å². The predicted octanol–water partition coefficient (Wildman–Crippen LogP) is 11.1. The fraction of sp³-hybridized carbons (Fsp3) is 0.394. The first-order chi connectivity index (χ1) is 42.7. The van der Waals surface area contributed by atoms with Crippen molar-refractivity contribution in [3.8, 4) is 6.07 Å². The molecular weight excluding hydrogens is 1180 g/mol. The summed E-state index contributed by atoms with van der Waals surface area (Å²) in [6.07, 6.45) is 6.34. The van der Waals surface area contributed by atoms with Gasteiger partial charge in [0.1, 0.15) is 22.7 Å². The topological polar surface area (TPSA) is 241 Å². The van der Waals surface area contributed by atoms with Gasteiger partial charge in [-0.15, -0.1) is 22.7 Å². The molecule has 4 aromatic carbocycles. The number of azo groups is 2. The van der Waals surface area contributed by atoms with Crippen molar-refractivity contribution >= 4 is 95.7 Å². The number of aliphatic carboxylic acids is 1. The van der Waals surface area contributed by atoms with Gasteiger partial charge in [0.05, 0.1) is 86.8 Å². The largest absolute Gasteiger partial charge is 1.00 e. The Morgan fingerprint density at radius 1 is 0.652 bits per heavy atom. The van der Waals surface area contributed by atoms with Crippen molar-refractivity contribution in [1.82, 2.24) is 0 Å². The van der Waals surface area contributed by atoms with E-state index in [4.69, 9.17) is 39.0 Å². The molecule has 6 aromatic rings. The molecule has 0 spiro atoms. The summed E-state index contributed by atoms with van der Waals surface area (Å²) in [7, 11) is 0. The summed E-state index contributed by atoms with van der Waals surface area (Å²) in [6, 6.07) is 34.2. The molecule has 2 aliphatic carbocycles. The summed E-state index contributed by atoms with van der Waals surface area (Å²) in [5, 5.41) is 48.3. The minimum absolute atomic E-state index is 0. The van der Waals surface area contributed by atoms with Crippen molar-refractivity contribution in [2.75, 3.05) is 62.5 Å². The number of carboxylic acids is 1. The summed E-state index contributed by atoms with van der Waals surface area (Å²) >= 11 is 2.35. The van der Waals surface area contributed by atoms with E-state index >= 15 is 0 Å². The van der Waals surface area contributed by atoms with E-state index < -0.39 is 23.8 Å². The molecule has 0 amide bonds. The van der Waals surface area contributed by atoms with Gasteiger partial charge in [-0.2, -0.15) is 25.7 Å². The maximum atomic E-state index is 12.5. The standard InChI is InChI=1S/C33H35N5O5S.C25H25N5O2S.C8H10O3.Na/c1-22-19-25(13-14-28(22)36-37-31-30(35-3)23(2)29(20-34)44-31)38(21-24-9-5-4-6-10-24)15-16-42-17-18-43-33(41)27-12-8-7-11-26(27)32(39)40;1-18-16-21(30(12-14-32-15-13-31)17-20-8-6-5-7-9-20)10-11-22(18)28-29-25-23(26-3)19(2)24(27-4)33-25;9-7-5-3-1-2-4-6(5)8(10)11-7;/h4-6,9-10,13-14,19,26-27H,7-8,11-12,15-18,21H2,1-2H3,(H,39,40);5-11,16,31H,12-15,17H2,1-2H3;5-6H,1-4H2;/q;;;+1/p-1. The zero-order valence-corrected chi connectivity index (χ0v) is 54.3. The maximum Gasteiger partial charge on any atom is 1.00 e. The van der Waals surface area contributed by atoms with E-state index in [1.165, 1.54) is 16.9 Å². The van der Waals surface area contributed by atoms with E-state index in [9.17, 15) is 29.5 Å². The number of rotatable bonds is 23. The normalized spacial score (nSPS) is 16.6. The van der Waals surface area contributed by atoms with Gasteiger partial charge in [0.25, 0.3) is 0 Å². The van der Waals surface area contributed by atoms with Crippen LogP contribution in [-0.2, 0) is 51.2 Å². The fourth-order valence-corrected chi connectivity index (χ4v) is 12.2. The van der Waals surface area contributed by atoms with Crippen LogP contribution in [-0.4, -0.2) is 81.7 Å². The molecule has 0 bridgehead atoms. The van der Waals surface area contributed by atoms with Crippen LogP contribution >= 0.6 is 22.7 Å². The van der Waals surface area contributed by atoms with E-state index in [1.54, 1.807) is 13.8 Å². The number of hydrogen-bond donors (Lipinski definition) is 1. The monoisotopic (exact) mass is 1250 g/mol. The number of nitrogens with zero attached hydrogens (tertiary/aromatic N) is 10. The number of carboxylic acid groups (broad SMARTS) is 1. The van der Waals surface area contributed by atoms with Crippen LogP contribution in [0.4, 0.5) is 49.1 Å². The van der Waals surface area contributed by atoms with Crippen molar-refractivity contribution in [3.05, 3.63) is 170 Å². The first-order valence-corrected chi connectivity index (χ1v) is 30.6. The van der Waals surface area contributed by atoms with Gasteiger partial charge < -0.3 is 43.8 Å². The van der Waals surface area contributed by atoms with Crippen molar-refractivity contribution in [2.24, 2.45) is 44.1 Å². The number of carbonyl (C=O) groups is 4. The minimum atomic E-state index is -1.19. The molecule has 1 saturated heterocycles. The number of benzene rings is 4. The van der Waals surface area contributed by atoms with Crippen LogP contribution in [0.3, 0.4) is 0 Å². The van der Waals surface area contributed by atoms with Gasteiger partial charge >= 0.3 is 47.5 Å². The van der Waals surface area contributed by atoms with Crippen LogP contribution in [0, 0.1) is 82.4 Å². The summed E-state index contributed by atoms with van der Waals surface area (Å²) in [6.45, 7) is 33.6. The molecule has 2 aromatic heterocycles. The smallest absolute Gasteiger partial charge is 0.550 e. The number of thiophene rings is 2. The van der Waals surface area contributed by atoms with Crippen molar-refractivity contribution in [3.63, 3.8) is 0 Å². The van der Waals surface area contributed by atoms with Gasteiger partial charge in [0, 0.05) is 49.4 Å². The van der Waals surface area contributed by atoms with Crippen molar-refractivity contribution < 1.29 is 77.9 Å². The van der Waals surface area contributed by atoms with Crippen LogP contribution < -0.4 is 44.5 Å². The Labute approximate surface area is 549 Å². The van der Waals surface area contributed by atoms with Crippen LogP contribution in [0.15, 0.2) is 118 Å². The number of anilines is 2. The van der Waals surface area contributed by atoms with Gasteiger partial charge in [-0.05, 0) is 116 Å². The van der Waals surface area contributed by atoms with Crippen LogP contribution in [0.5, 0.6) is 0 Å². The first-order valence-electron chi connectivity index (χ1n) is 29.0. The molecule has 23 heteroatoms. The summed E-state index contributed by atoms with van der Waals surface area (Å²) in [5.41, 5.74) is 9.56. The second-order valence-electron chi connectivity index (χ2n) is 21.2. The molecular formula is C66H69N10NaO10S2. The minimum Gasteiger partial charge on any atom is -0.550 e. The number of carbonyl (C=O) groups excluding carboxylic acids is 4. The van der Waals surface area contributed by atoms with E-state index in [0.29, 0.717) is 106 Å². The quantitative estimate of drug-likeness (QED) is 0.0157. The molecule has 1 aliphatic heterocycles. The summed E-state index contributed by atoms with van der Waals surface area (Å²) < 4.78 is 21.2. The number of aliphatic hydroxyl groups is 1. The molecule has 0 radical (unpaired) electrons. The third-order valence-corrected chi connectivity index (χ3v) is 17.4. The molecule has 456 valence electrons. The molecule has 4 atom stereocenters. The first kappa shape index (κ1) is 70.1. The van der Waals surface area contributed by atoms with E-state index in [1.807, 2.05) is 80.6 Å². The molecule has 3 heterocycles. The average molecular weight is 1250 g/mol. The molecule has 20 nitrogen and oxygen atoms in total. The summed E-state index contributed by atoms with van der Waals surface area (Å²) in [4.78, 5) is 61.2. The molecule has 89 heavy (non-hydrogen) atoms.